The number of ether oxygens (including phenoxy) is 1. The molecule has 0 aliphatic rings. The van der Waals surface area contributed by atoms with E-state index in [1.165, 1.54) is 11.1 Å². The molecule has 4 heteroatoms. The highest BCUT2D eigenvalue weighted by Gasteiger charge is 2.17. The van der Waals surface area contributed by atoms with Gasteiger partial charge >= 0.3 is 0 Å². The monoisotopic (exact) mass is 447 g/mol. The highest BCUT2D eigenvalue weighted by molar-refractivity contribution is 5.82. The van der Waals surface area contributed by atoms with E-state index in [1.54, 1.807) is 7.11 Å². The van der Waals surface area contributed by atoms with Crippen LogP contribution in [0.5, 0.6) is 5.75 Å². The number of hydrogen-bond donors (Lipinski definition) is 0. The molecular formula is C30H29N3O. The summed E-state index contributed by atoms with van der Waals surface area (Å²) in [5.74, 6) is 1.69. The predicted molar refractivity (Wildman–Crippen MR) is 139 cm³/mol. The van der Waals surface area contributed by atoms with Crippen molar-refractivity contribution >= 4 is 11.2 Å². The molecule has 2 heterocycles. The first-order valence-electron chi connectivity index (χ1n) is 11.6. The molecule has 0 radical (unpaired) electrons. The molecule has 5 rings (SSSR count). The normalized spacial score (nSPS) is 11.6. The van der Waals surface area contributed by atoms with Gasteiger partial charge in [0.15, 0.2) is 5.65 Å². The molecule has 0 atom stereocenters. The van der Waals surface area contributed by atoms with Crippen LogP contribution in [-0.2, 0) is 12.0 Å². The van der Waals surface area contributed by atoms with Crippen molar-refractivity contribution in [2.75, 3.05) is 7.11 Å². The minimum atomic E-state index is 0.125. The van der Waals surface area contributed by atoms with E-state index in [-0.39, 0.29) is 5.41 Å². The molecule has 5 aromatic rings. The van der Waals surface area contributed by atoms with Crippen molar-refractivity contribution in [1.82, 2.24) is 14.5 Å². The first-order chi connectivity index (χ1) is 16.4. The van der Waals surface area contributed by atoms with Crippen molar-refractivity contribution in [2.45, 2.75) is 32.7 Å². The average Bonchev–Trinajstić information content (AvgIpc) is 3.22. The average molecular weight is 448 g/mol. The Labute approximate surface area is 200 Å². The van der Waals surface area contributed by atoms with Crippen molar-refractivity contribution in [3.63, 3.8) is 0 Å². The first-order valence-corrected chi connectivity index (χ1v) is 11.6. The van der Waals surface area contributed by atoms with Gasteiger partial charge in [-0.05, 0) is 40.3 Å². The van der Waals surface area contributed by atoms with E-state index in [2.05, 4.69) is 86.0 Å². The van der Waals surface area contributed by atoms with Crippen molar-refractivity contribution in [3.8, 4) is 28.3 Å². The van der Waals surface area contributed by atoms with Gasteiger partial charge in [-0.3, -0.25) is 0 Å². The number of rotatable bonds is 5. The quantitative estimate of drug-likeness (QED) is 0.288. The Kier molecular flexibility index (Phi) is 5.66. The van der Waals surface area contributed by atoms with Crippen LogP contribution in [0.2, 0.25) is 0 Å². The summed E-state index contributed by atoms with van der Waals surface area (Å²) in [6.45, 7) is 7.42. The Morgan fingerprint density at radius 2 is 1.53 bits per heavy atom. The summed E-state index contributed by atoms with van der Waals surface area (Å²) < 4.78 is 7.74. The SMILES string of the molecule is COc1cccc(-c2nc3ncc(-c4ccccc4)cc3n2Cc2ccc(C(C)(C)C)cc2)c1. The lowest BCUT2D eigenvalue weighted by atomic mass is 9.87. The number of fused-ring (bicyclic) bond motifs is 1. The van der Waals surface area contributed by atoms with E-state index in [4.69, 9.17) is 14.7 Å². The smallest absolute Gasteiger partial charge is 0.178 e. The van der Waals surface area contributed by atoms with Gasteiger partial charge in [0.25, 0.3) is 0 Å². The Morgan fingerprint density at radius 3 is 2.24 bits per heavy atom. The summed E-state index contributed by atoms with van der Waals surface area (Å²) in [5, 5.41) is 0. The van der Waals surface area contributed by atoms with E-state index < -0.39 is 0 Å². The van der Waals surface area contributed by atoms with Gasteiger partial charge in [0.2, 0.25) is 0 Å². The zero-order valence-electron chi connectivity index (χ0n) is 20.1. The predicted octanol–water partition coefficient (Wildman–Crippen LogP) is 7.12. The fourth-order valence-corrected chi connectivity index (χ4v) is 4.23. The third kappa shape index (κ3) is 4.32. The minimum absolute atomic E-state index is 0.125. The van der Waals surface area contributed by atoms with Gasteiger partial charge in [0.1, 0.15) is 11.6 Å². The van der Waals surface area contributed by atoms with Gasteiger partial charge in [0, 0.05) is 23.9 Å². The molecule has 0 saturated heterocycles. The second-order valence-corrected chi connectivity index (χ2v) is 9.63. The largest absolute Gasteiger partial charge is 0.497 e. The molecule has 0 aliphatic heterocycles. The Balaban J connectivity index is 1.65. The molecule has 0 spiro atoms. The summed E-state index contributed by atoms with van der Waals surface area (Å²) in [6.07, 6.45) is 1.91. The van der Waals surface area contributed by atoms with Crippen LogP contribution in [0.1, 0.15) is 31.9 Å². The lowest BCUT2D eigenvalue weighted by Gasteiger charge is -2.19. The number of pyridine rings is 1. The maximum Gasteiger partial charge on any atom is 0.178 e. The molecule has 3 aromatic carbocycles. The maximum atomic E-state index is 5.48. The minimum Gasteiger partial charge on any atom is -0.497 e. The molecule has 0 fully saturated rings. The van der Waals surface area contributed by atoms with Gasteiger partial charge in [-0.15, -0.1) is 0 Å². The van der Waals surface area contributed by atoms with E-state index in [9.17, 15) is 0 Å². The molecule has 0 amide bonds. The first kappa shape index (κ1) is 21.9. The molecule has 2 aromatic heterocycles. The van der Waals surface area contributed by atoms with Gasteiger partial charge in [0.05, 0.1) is 12.6 Å². The number of imidazole rings is 1. The van der Waals surface area contributed by atoms with Crippen molar-refractivity contribution < 1.29 is 4.74 Å². The molecular weight excluding hydrogens is 418 g/mol. The van der Waals surface area contributed by atoms with Crippen LogP contribution in [0.25, 0.3) is 33.7 Å². The van der Waals surface area contributed by atoms with Crippen LogP contribution in [0, 0.1) is 0 Å². The number of aromatic nitrogens is 3. The Bertz CT molecular complexity index is 1430. The molecule has 0 N–H and O–H groups in total. The van der Waals surface area contributed by atoms with E-state index in [1.807, 2.05) is 30.5 Å². The number of hydrogen-bond acceptors (Lipinski definition) is 3. The summed E-state index contributed by atoms with van der Waals surface area (Å²) in [6, 6.07) is 29.5. The van der Waals surface area contributed by atoms with Crippen LogP contribution in [0.15, 0.2) is 91.1 Å². The van der Waals surface area contributed by atoms with E-state index in [0.29, 0.717) is 6.54 Å². The highest BCUT2D eigenvalue weighted by Crippen LogP contribution is 2.30. The molecule has 4 nitrogen and oxygen atoms in total. The van der Waals surface area contributed by atoms with Gasteiger partial charge in [-0.1, -0.05) is 87.5 Å². The zero-order valence-corrected chi connectivity index (χ0v) is 20.1. The van der Waals surface area contributed by atoms with Crippen LogP contribution in [0.4, 0.5) is 0 Å². The lowest BCUT2D eigenvalue weighted by Crippen LogP contribution is -2.11. The van der Waals surface area contributed by atoms with E-state index in [0.717, 1.165) is 39.4 Å². The topological polar surface area (TPSA) is 39.9 Å². The molecule has 0 bridgehead atoms. The third-order valence-corrected chi connectivity index (χ3v) is 6.20. The zero-order chi connectivity index (χ0) is 23.7. The van der Waals surface area contributed by atoms with Gasteiger partial charge in [-0.2, -0.15) is 0 Å². The Morgan fingerprint density at radius 1 is 0.794 bits per heavy atom. The van der Waals surface area contributed by atoms with Gasteiger partial charge < -0.3 is 9.30 Å². The fourth-order valence-electron chi connectivity index (χ4n) is 4.23. The summed E-state index contributed by atoms with van der Waals surface area (Å²) in [7, 11) is 1.69. The standard InChI is InChI=1S/C30H29N3O/c1-30(2,3)25-15-13-21(14-16-25)20-33-27-18-24(22-9-6-5-7-10-22)19-31-28(27)32-29(33)23-11-8-12-26(17-23)34-4/h5-19H,20H2,1-4H3. The highest BCUT2D eigenvalue weighted by atomic mass is 16.5. The van der Waals surface area contributed by atoms with Gasteiger partial charge in [-0.25, -0.2) is 9.97 Å². The van der Waals surface area contributed by atoms with Crippen LogP contribution < -0.4 is 4.74 Å². The fraction of sp³-hybridized carbons (Fsp3) is 0.200. The number of benzene rings is 3. The second-order valence-electron chi connectivity index (χ2n) is 9.63. The van der Waals surface area contributed by atoms with Crippen molar-refractivity contribution in [1.29, 1.82) is 0 Å². The molecule has 0 unspecified atom stereocenters. The summed E-state index contributed by atoms with van der Waals surface area (Å²) >= 11 is 0. The molecule has 0 saturated carbocycles. The summed E-state index contributed by atoms with van der Waals surface area (Å²) in [4.78, 5) is 9.67. The van der Waals surface area contributed by atoms with E-state index >= 15 is 0 Å². The third-order valence-electron chi connectivity index (χ3n) is 6.20. The van der Waals surface area contributed by atoms with Crippen molar-refractivity contribution in [2.24, 2.45) is 0 Å². The molecule has 34 heavy (non-hydrogen) atoms. The van der Waals surface area contributed by atoms with Crippen LogP contribution >= 0.6 is 0 Å². The summed E-state index contributed by atoms with van der Waals surface area (Å²) in [5.41, 5.74) is 7.65. The molecule has 0 aliphatic carbocycles. The Hall–Kier alpha value is -3.92. The number of nitrogens with zero attached hydrogens (tertiary/aromatic N) is 3. The molecule has 170 valence electrons. The van der Waals surface area contributed by atoms with Crippen LogP contribution in [0.3, 0.4) is 0 Å². The number of methoxy groups -OCH3 is 1. The maximum absolute atomic E-state index is 5.48. The van der Waals surface area contributed by atoms with Crippen LogP contribution in [-0.4, -0.2) is 21.6 Å². The second kappa shape index (κ2) is 8.79. The lowest BCUT2D eigenvalue weighted by molar-refractivity contribution is 0.415. The van der Waals surface area contributed by atoms with Crippen molar-refractivity contribution in [3.05, 3.63) is 102 Å².